The van der Waals surface area contributed by atoms with E-state index < -0.39 is 12.3 Å². The van der Waals surface area contributed by atoms with Gasteiger partial charge in [0.1, 0.15) is 0 Å². The molecule has 1 atom stereocenters. The standard InChI is InChI=1S/C11H9ClO3S/c1-6-9(11(14)15-10(6)13)16-8-4-2-7(12)3-5-8/h2-5,11,14H,1H3. The zero-order valence-electron chi connectivity index (χ0n) is 8.44. The van der Waals surface area contributed by atoms with Gasteiger partial charge in [-0.15, -0.1) is 0 Å². The van der Waals surface area contributed by atoms with Crippen LogP contribution in [0, 0.1) is 0 Å². The van der Waals surface area contributed by atoms with Crippen molar-refractivity contribution in [1.82, 2.24) is 0 Å². The predicted molar refractivity (Wildman–Crippen MR) is 62.1 cm³/mol. The van der Waals surface area contributed by atoms with Crippen molar-refractivity contribution < 1.29 is 14.6 Å². The van der Waals surface area contributed by atoms with Crippen LogP contribution in [0.15, 0.2) is 39.6 Å². The van der Waals surface area contributed by atoms with Crippen LogP contribution in [0.2, 0.25) is 5.02 Å². The molecule has 0 amide bonds. The Balaban J connectivity index is 2.22. The molecule has 1 aromatic carbocycles. The molecule has 1 aromatic rings. The second-order valence-electron chi connectivity index (χ2n) is 3.30. The number of carbonyl (C=O) groups excluding carboxylic acids is 1. The summed E-state index contributed by atoms with van der Waals surface area (Å²) in [6, 6.07) is 7.15. The van der Waals surface area contributed by atoms with Crippen LogP contribution < -0.4 is 0 Å². The number of ether oxygens (including phenoxy) is 1. The fraction of sp³-hybridized carbons (Fsp3) is 0.182. The first-order valence-corrected chi connectivity index (χ1v) is 5.80. The number of rotatable bonds is 2. The van der Waals surface area contributed by atoms with Crippen LogP contribution in [0.3, 0.4) is 0 Å². The third-order valence-electron chi connectivity index (χ3n) is 2.16. The van der Waals surface area contributed by atoms with E-state index in [2.05, 4.69) is 4.74 Å². The molecule has 0 aromatic heterocycles. The molecule has 5 heteroatoms. The van der Waals surface area contributed by atoms with Crippen LogP contribution in [0.1, 0.15) is 6.92 Å². The Hall–Kier alpha value is -0.970. The van der Waals surface area contributed by atoms with E-state index in [0.717, 1.165) is 4.90 Å². The Morgan fingerprint density at radius 3 is 2.50 bits per heavy atom. The molecule has 1 heterocycles. The van der Waals surface area contributed by atoms with Crippen molar-refractivity contribution in [3.8, 4) is 0 Å². The van der Waals surface area contributed by atoms with Crippen LogP contribution >= 0.6 is 23.4 Å². The first kappa shape index (κ1) is 11.5. The highest BCUT2D eigenvalue weighted by Crippen LogP contribution is 2.36. The highest BCUT2D eigenvalue weighted by atomic mass is 35.5. The summed E-state index contributed by atoms with van der Waals surface area (Å²) < 4.78 is 4.68. The van der Waals surface area contributed by atoms with E-state index >= 15 is 0 Å². The molecule has 0 aliphatic carbocycles. The number of halogens is 1. The van der Waals surface area contributed by atoms with Gasteiger partial charge >= 0.3 is 5.97 Å². The highest BCUT2D eigenvalue weighted by Gasteiger charge is 2.30. The molecule has 2 rings (SSSR count). The molecule has 16 heavy (non-hydrogen) atoms. The van der Waals surface area contributed by atoms with Gasteiger partial charge in [0.2, 0.25) is 6.29 Å². The van der Waals surface area contributed by atoms with E-state index in [1.54, 1.807) is 19.1 Å². The van der Waals surface area contributed by atoms with Gasteiger partial charge in [0.05, 0.1) is 10.5 Å². The topological polar surface area (TPSA) is 46.5 Å². The molecule has 0 spiro atoms. The van der Waals surface area contributed by atoms with Crippen LogP contribution in [0.5, 0.6) is 0 Å². The Labute approximate surface area is 102 Å². The molecule has 1 N–H and O–H groups in total. The fourth-order valence-corrected chi connectivity index (χ4v) is 2.32. The lowest BCUT2D eigenvalue weighted by molar-refractivity contribution is -0.151. The quantitative estimate of drug-likeness (QED) is 0.827. The molecule has 0 saturated heterocycles. The first-order valence-electron chi connectivity index (χ1n) is 4.61. The molecule has 84 valence electrons. The minimum atomic E-state index is -1.15. The lowest BCUT2D eigenvalue weighted by atomic mass is 10.3. The number of hydrogen-bond acceptors (Lipinski definition) is 4. The van der Waals surface area contributed by atoms with E-state index in [0.29, 0.717) is 15.5 Å². The monoisotopic (exact) mass is 256 g/mol. The summed E-state index contributed by atoms with van der Waals surface area (Å²) in [6.45, 7) is 1.64. The Bertz CT molecular complexity index is 453. The lowest BCUT2D eigenvalue weighted by Gasteiger charge is -2.06. The van der Waals surface area contributed by atoms with Gasteiger partial charge in [-0.2, -0.15) is 0 Å². The van der Waals surface area contributed by atoms with E-state index in [-0.39, 0.29) is 0 Å². The van der Waals surface area contributed by atoms with Gasteiger partial charge < -0.3 is 9.84 Å². The van der Waals surface area contributed by atoms with Crippen LogP contribution in [-0.4, -0.2) is 17.4 Å². The van der Waals surface area contributed by atoms with Crippen LogP contribution in [0.25, 0.3) is 0 Å². The van der Waals surface area contributed by atoms with Gasteiger partial charge in [-0.1, -0.05) is 23.4 Å². The van der Waals surface area contributed by atoms with Crippen molar-refractivity contribution in [2.24, 2.45) is 0 Å². The molecule has 1 aliphatic rings. The number of esters is 1. The third kappa shape index (κ3) is 2.24. The van der Waals surface area contributed by atoms with Crippen molar-refractivity contribution in [3.05, 3.63) is 39.8 Å². The van der Waals surface area contributed by atoms with Crippen molar-refractivity contribution in [3.63, 3.8) is 0 Å². The molecule has 1 aliphatic heterocycles. The van der Waals surface area contributed by atoms with Crippen molar-refractivity contribution in [2.45, 2.75) is 18.1 Å². The first-order chi connectivity index (χ1) is 7.58. The van der Waals surface area contributed by atoms with Crippen LogP contribution in [-0.2, 0) is 9.53 Å². The second-order valence-corrected chi connectivity index (χ2v) is 4.85. The summed E-state index contributed by atoms with van der Waals surface area (Å²) in [5.74, 6) is -0.469. The van der Waals surface area contributed by atoms with Gasteiger partial charge in [-0.3, -0.25) is 0 Å². The van der Waals surface area contributed by atoms with Gasteiger partial charge in [-0.05, 0) is 31.2 Å². The zero-order valence-corrected chi connectivity index (χ0v) is 10.0. The summed E-state index contributed by atoms with van der Waals surface area (Å²) in [5.41, 5.74) is 0.451. The number of hydrogen-bond donors (Lipinski definition) is 1. The number of aliphatic hydroxyl groups is 1. The highest BCUT2D eigenvalue weighted by molar-refractivity contribution is 8.03. The Morgan fingerprint density at radius 2 is 2.00 bits per heavy atom. The van der Waals surface area contributed by atoms with Gasteiger partial charge in [-0.25, -0.2) is 4.79 Å². The largest absolute Gasteiger partial charge is 0.427 e. The fourth-order valence-electron chi connectivity index (χ4n) is 1.29. The molecule has 3 nitrogen and oxygen atoms in total. The Kier molecular flexibility index (Phi) is 3.23. The summed E-state index contributed by atoms with van der Waals surface area (Å²) >= 11 is 7.06. The van der Waals surface area contributed by atoms with E-state index in [1.807, 2.05) is 12.1 Å². The number of benzene rings is 1. The van der Waals surface area contributed by atoms with Crippen molar-refractivity contribution >= 4 is 29.3 Å². The molecule has 1 unspecified atom stereocenters. The van der Waals surface area contributed by atoms with E-state index in [4.69, 9.17) is 11.6 Å². The SMILES string of the molecule is CC1=C(Sc2ccc(Cl)cc2)C(O)OC1=O. The normalized spacial score (nSPS) is 20.2. The number of thioether (sulfide) groups is 1. The molecule has 0 saturated carbocycles. The van der Waals surface area contributed by atoms with Crippen molar-refractivity contribution in [1.29, 1.82) is 0 Å². The maximum absolute atomic E-state index is 11.2. The van der Waals surface area contributed by atoms with E-state index in [9.17, 15) is 9.90 Å². The predicted octanol–water partition coefficient (Wildman–Crippen LogP) is 2.58. The molecular formula is C11H9ClO3S. The summed E-state index contributed by atoms with van der Waals surface area (Å²) in [5, 5.41) is 10.1. The second kappa shape index (κ2) is 4.49. The summed E-state index contributed by atoms with van der Waals surface area (Å²) in [6.07, 6.45) is -1.15. The average Bonchev–Trinajstić information content (AvgIpc) is 2.48. The zero-order chi connectivity index (χ0) is 11.7. The lowest BCUT2D eigenvalue weighted by Crippen LogP contribution is -2.08. The van der Waals surface area contributed by atoms with Gasteiger partial charge in [0.25, 0.3) is 0 Å². The molecule has 0 fully saturated rings. The number of cyclic esters (lactones) is 1. The summed E-state index contributed by atoms with van der Waals surface area (Å²) in [4.78, 5) is 12.6. The van der Waals surface area contributed by atoms with Crippen molar-refractivity contribution in [2.75, 3.05) is 0 Å². The Morgan fingerprint density at radius 1 is 1.38 bits per heavy atom. The summed E-state index contributed by atoms with van der Waals surface area (Å²) in [7, 11) is 0. The average molecular weight is 257 g/mol. The van der Waals surface area contributed by atoms with Gasteiger partial charge in [0, 0.05) is 9.92 Å². The number of aliphatic hydroxyl groups excluding tert-OH is 1. The number of carbonyl (C=O) groups is 1. The smallest absolute Gasteiger partial charge is 0.337 e. The minimum Gasteiger partial charge on any atom is -0.427 e. The third-order valence-corrected chi connectivity index (χ3v) is 3.65. The van der Waals surface area contributed by atoms with E-state index in [1.165, 1.54) is 11.8 Å². The van der Waals surface area contributed by atoms with Crippen LogP contribution in [0.4, 0.5) is 0 Å². The van der Waals surface area contributed by atoms with Gasteiger partial charge in [0.15, 0.2) is 0 Å². The molecule has 0 bridgehead atoms. The minimum absolute atomic E-state index is 0.451. The molecular weight excluding hydrogens is 248 g/mol. The molecule has 0 radical (unpaired) electrons. The maximum atomic E-state index is 11.2. The maximum Gasteiger partial charge on any atom is 0.337 e.